The van der Waals surface area contributed by atoms with Gasteiger partial charge in [-0.3, -0.25) is 4.79 Å². The lowest BCUT2D eigenvalue weighted by Crippen LogP contribution is -2.06. The van der Waals surface area contributed by atoms with Crippen LogP contribution in [0.2, 0.25) is 0 Å². The first-order chi connectivity index (χ1) is 10.6. The van der Waals surface area contributed by atoms with E-state index in [9.17, 15) is 4.79 Å². The predicted molar refractivity (Wildman–Crippen MR) is 86.6 cm³/mol. The zero-order valence-electron chi connectivity index (χ0n) is 12.3. The molecule has 0 spiro atoms. The van der Waals surface area contributed by atoms with Gasteiger partial charge in [-0.05, 0) is 19.1 Å². The van der Waals surface area contributed by atoms with E-state index in [1.165, 1.54) is 0 Å². The number of fused-ring (bicyclic) bond motifs is 1. The molecule has 1 aromatic heterocycles. The number of anilines is 1. The fourth-order valence-electron chi connectivity index (χ4n) is 2.53. The Bertz CT molecular complexity index is 835. The number of nitrogens with two attached hydrogens (primary N) is 1. The summed E-state index contributed by atoms with van der Waals surface area (Å²) in [5.74, 6) is -0.0882. The Morgan fingerprint density at radius 2 is 1.95 bits per heavy atom. The van der Waals surface area contributed by atoms with Crippen molar-refractivity contribution in [1.29, 1.82) is 0 Å². The van der Waals surface area contributed by atoms with Gasteiger partial charge in [0, 0.05) is 12.1 Å². The summed E-state index contributed by atoms with van der Waals surface area (Å²) < 4.78 is 1.92. The van der Waals surface area contributed by atoms with Gasteiger partial charge in [0.05, 0.1) is 17.6 Å². The molecule has 5 nitrogen and oxygen atoms in total. The molecular weight excluding hydrogens is 278 g/mol. The number of carbonyl (C=O) groups is 1. The Morgan fingerprint density at radius 3 is 2.64 bits per heavy atom. The minimum atomic E-state index is -0.833. The Balaban J connectivity index is 2.18. The third kappa shape index (κ3) is 2.53. The van der Waals surface area contributed by atoms with Crippen LogP contribution < -0.4 is 5.73 Å². The molecule has 3 aromatic rings. The first-order valence-electron chi connectivity index (χ1n) is 7.10. The van der Waals surface area contributed by atoms with Crippen LogP contribution in [-0.2, 0) is 11.3 Å². The average Bonchev–Trinajstić information content (AvgIpc) is 2.86. The van der Waals surface area contributed by atoms with E-state index in [0.29, 0.717) is 17.7 Å². The SMILES string of the molecule is Cc1ccc(-c2nc3c(N)cccc3n2CCC(=O)O)cc1. The molecule has 5 heteroatoms. The van der Waals surface area contributed by atoms with Gasteiger partial charge in [-0.2, -0.15) is 0 Å². The standard InChI is InChI=1S/C17H17N3O2/c1-11-5-7-12(8-6-11)17-19-16-13(18)3-2-4-14(16)20(17)10-9-15(21)22/h2-8H,9-10,18H2,1H3,(H,21,22). The number of benzene rings is 2. The lowest BCUT2D eigenvalue weighted by atomic mass is 10.1. The van der Waals surface area contributed by atoms with Crippen LogP contribution in [0.1, 0.15) is 12.0 Å². The van der Waals surface area contributed by atoms with Crippen molar-refractivity contribution < 1.29 is 9.90 Å². The number of hydrogen-bond acceptors (Lipinski definition) is 3. The molecule has 0 unspecified atom stereocenters. The minimum Gasteiger partial charge on any atom is -0.481 e. The fraction of sp³-hybridized carbons (Fsp3) is 0.176. The summed E-state index contributed by atoms with van der Waals surface area (Å²) in [5, 5.41) is 8.98. The smallest absolute Gasteiger partial charge is 0.305 e. The Labute approximate surface area is 128 Å². The first-order valence-corrected chi connectivity index (χ1v) is 7.10. The molecule has 2 aromatic carbocycles. The zero-order valence-corrected chi connectivity index (χ0v) is 12.3. The van der Waals surface area contributed by atoms with Crippen molar-refractivity contribution in [2.24, 2.45) is 0 Å². The van der Waals surface area contributed by atoms with Crippen LogP contribution in [0.5, 0.6) is 0 Å². The summed E-state index contributed by atoms with van der Waals surface area (Å²) in [5.41, 5.74) is 10.3. The van der Waals surface area contributed by atoms with Crippen molar-refractivity contribution in [3.8, 4) is 11.4 Å². The van der Waals surface area contributed by atoms with Gasteiger partial charge in [-0.25, -0.2) is 4.98 Å². The maximum atomic E-state index is 10.9. The van der Waals surface area contributed by atoms with Crippen molar-refractivity contribution >= 4 is 22.7 Å². The van der Waals surface area contributed by atoms with Crippen molar-refractivity contribution in [3.63, 3.8) is 0 Å². The molecule has 22 heavy (non-hydrogen) atoms. The number of carboxylic acid groups (broad SMARTS) is 1. The molecule has 3 rings (SSSR count). The minimum absolute atomic E-state index is 0.0408. The van der Waals surface area contributed by atoms with Crippen LogP contribution in [-0.4, -0.2) is 20.6 Å². The molecule has 0 radical (unpaired) electrons. The van der Waals surface area contributed by atoms with Gasteiger partial charge in [-0.15, -0.1) is 0 Å². The van der Waals surface area contributed by atoms with E-state index >= 15 is 0 Å². The van der Waals surface area contributed by atoms with E-state index in [0.717, 1.165) is 22.5 Å². The molecule has 0 amide bonds. The highest BCUT2D eigenvalue weighted by molar-refractivity contribution is 5.90. The Morgan fingerprint density at radius 1 is 1.23 bits per heavy atom. The number of carboxylic acids is 1. The Hall–Kier alpha value is -2.82. The fourth-order valence-corrected chi connectivity index (χ4v) is 2.53. The lowest BCUT2D eigenvalue weighted by molar-refractivity contribution is -0.137. The molecule has 0 aliphatic heterocycles. The summed E-state index contributed by atoms with van der Waals surface area (Å²) in [7, 11) is 0. The second kappa shape index (κ2) is 5.52. The van der Waals surface area contributed by atoms with E-state index in [1.54, 1.807) is 6.07 Å². The average molecular weight is 295 g/mol. The highest BCUT2D eigenvalue weighted by Gasteiger charge is 2.14. The van der Waals surface area contributed by atoms with E-state index in [1.807, 2.05) is 47.9 Å². The molecule has 0 aliphatic carbocycles. The van der Waals surface area contributed by atoms with Gasteiger partial charge in [0.1, 0.15) is 11.3 Å². The Kier molecular flexibility index (Phi) is 3.55. The quantitative estimate of drug-likeness (QED) is 0.725. The van der Waals surface area contributed by atoms with Crippen LogP contribution in [0.4, 0.5) is 5.69 Å². The highest BCUT2D eigenvalue weighted by atomic mass is 16.4. The molecular formula is C17H17N3O2. The van der Waals surface area contributed by atoms with Crippen LogP contribution in [0, 0.1) is 6.92 Å². The maximum Gasteiger partial charge on any atom is 0.305 e. The number of aromatic nitrogens is 2. The number of aryl methyl sites for hydroxylation is 2. The number of aliphatic carboxylic acids is 1. The van der Waals surface area contributed by atoms with E-state index in [4.69, 9.17) is 10.8 Å². The number of nitrogen functional groups attached to an aromatic ring is 1. The van der Waals surface area contributed by atoms with Crippen LogP contribution in [0.15, 0.2) is 42.5 Å². The summed E-state index contributed by atoms with van der Waals surface area (Å²) in [6.07, 6.45) is 0.0408. The topological polar surface area (TPSA) is 81.1 Å². The third-order valence-electron chi connectivity index (χ3n) is 3.67. The molecule has 0 bridgehead atoms. The highest BCUT2D eigenvalue weighted by Crippen LogP contribution is 2.28. The van der Waals surface area contributed by atoms with E-state index in [-0.39, 0.29) is 6.42 Å². The van der Waals surface area contributed by atoms with Gasteiger partial charge < -0.3 is 15.4 Å². The summed E-state index contributed by atoms with van der Waals surface area (Å²) in [6, 6.07) is 13.6. The summed E-state index contributed by atoms with van der Waals surface area (Å²) in [6.45, 7) is 2.38. The lowest BCUT2D eigenvalue weighted by Gasteiger charge is -2.08. The van der Waals surface area contributed by atoms with Crippen molar-refractivity contribution in [2.45, 2.75) is 19.9 Å². The normalized spacial score (nSPS) is 11.0. The zero-order chi connectivity index (χ0) is 15.7. The van der Waals surface area contributed by atoms with Crippen LogP contribution in [0.3, 0.4) is 0 Å². The second-order valence-electron chi connectivity index (χ2n) is 5.31. The van der Waals surface area contributed by atoms with Crippen molar-refractivity contribution in [1.82, 2.24) is 9.55 Å². The van der Waals surface area contributed by atoms with Gasteiger partial charge in [0.2, 0.25) is 0 Å². The predicted octanol–water partition coefficient (Wildman–Crippen LogP) is 3.07. The largest absolute Gasteiger partial charge is 0.481 e. The molecule has 0 saturated heterocycles. The summed E-state index contributed by atoms with van der Waals surface area (Å²) >= 11 is 0. The van der Waals surface area contributed by atoms with E-state index in [2.05, 4.69) is 4.98 Å². The molecule has 112 valence electrons. The van der Waals surface area contributed by atoms with Crippen LogP contribution in [0.25, 0.3) is 22.4 Å². The van der Waals surface area contributed by atoms with Gasteiger partial charge in [0.15, 0.2) is 0 Å². The summed E-state index contributed by atoms with van der Waals surface area (Å²) in [4.78, 5) is 15.6. The van der Waals surface area contributed by atoms with Crippen LogP contribution >= 0.6 is 0 Å². The number of nitrogens with zero attached hydrogens (tertiary/aromatic N) is 2. The molecule has 3 N–H and O–H groups in total. The van der Waals surface area contributed by atoms with Gasteiger partial charge in [0.25, 0.3) is 0 Å². The van der Waals surface area contributed by atoms with Gasteiger partial charge in [-0.1, -0.05) is 35.9 Å². The van der Waals surface area contributed by atoms with Crippen molar-refractivity contribution in [2.75, 3.05) is 5.73 Å². The molecule has 0 aliphatic rings. The van der Waals surface area contributed by atoms with E-state index < -0.39 is 5.97 Å². The van der Waals surface area contributed by atoms with Gasteiger partial charge >= 0.3 is 5.97 Å². The number of hydrogen-bond donors (Lipinski definition) is 2. The monoisotopic (exact) mass is 295 g/mol. The number of rotatable bonds is 4. The number of para-hydroxylation sites is 1. The van der Waals surface area contributed by atoms with Crippen molar-refractivity contribution in [3.05, 3.63) is 48.0 Å². The second-order valence-corrected chi connectivity index (χ2v) is 5.31. The maximum absolute atomic E-state index is 10.9. The third-order valence-corrected chi connectivity index (χ3v) is 3.67. The molecule has 0 saturated carbocycles. The number of imidazole rings is 1. The first kappa shape index (κ1) is 14.1. The molecule has 0 atom stereocenters. The molecule has 0 fully saturated rings. The molecule has 1 heterocycles.